The highest BCUT2D eigenvalue weighted by Gasteiger charge is 2.07. The van der Waals surface area contributed by atoms with Crippen LogP contribution < -0.4 is 5.32 Å². The van der Waals surface area contributed by atoms with E-state index < -0.39 is 0 Å². The molecule has 0 aliphatic heterocycles. The fourth-order valence-corrected chi connectivity index (χ4v) is 2.43. The number of halogens is 1. The van der Waals surface area contributed by atoms with Crippen molar-refractivity contribution in [1.29, 1.82) is 0 Å². The minimum absolute atomic E-state index is 0.0295. The average molecular weight is 347 g/mol. The summed E-state index contributed by atoms with van der Waals surface area (Å²) < 4.78 is 0.899. The van der Waals surface area contributed by atoms with Crippen LogP contribution in [0.1, 0.15) is 12.0 Å². The van der Waals surface area contributed by atoms with E-state index in [9.17, 15) is 4.79 Å². The minimum Gasteiger partial charge on any atom is -0.325 e. The van der Waals surface area contributed by atoms with Crippen molar-refractivity contribution < 1.29 is 4.79 Å². The second-order valence-corrected chi connectivity index (χ2v) is 5.86. The molecule has 21 heavy (non-hydrogen) atoms. The summed E-state index contributed by atoms with van der Waals surface area (Å²) in [6.45, 7) is 1.58. The highest BCUT2D eigenvalue weighted by atomic mass is 79.9. The van der Waals surface area contributed by atoms with Gasteiger partial charge in [0.1, 0.15) is 0 Å². The number of carbonyl (C=O) groups is 1. The van der Waals surface area contributed by atoms with Gasteiger partial charge in [-0.1, -0.05) is 42.5 Å². The van der Waals surface area contributed by atoms with Gasteiger partial charge >= 0.3 is 0 Å². The monoisotopic (exact) mass is 346 g/mol. The van der Waals surface area contributed by atoms with E-state index in [2.05, 4.69) is 38.3 Å². The number of benzene rings is 2. The third kappa shape index (κ3) is 5.33. The summed E-state index contributed by atoms with van der Waals surface area (Å²) >= 11 is 3.42. The van der Waals surface area contributed by atoms with Crippen LogP contribution in [0.5, 0.6) is 0 Å². The van der Waals surface area contributed by atoms with Crippen LogP contribution in [0.15, 0.2) is 59.1 Å². The molecule has 0 atom stereocenters. The van der Waals surface area contributed by atoms with Crippen LogP contribution in [-0.4, -0.2) is 24.4 Å². The van der Waals surface area contributed by atoms with E-state index in [1.54, 1.807) is 0 Å². The minimum atomic E-state index is 0.0295. The van der Waals surface area contributed by atoms with Crippen molar-refractivity contribution in [3.05, 3.63) is 64.6 Å². The van der Waals surface area contributed by atoms with Crippen LogP contribution in [0.3, 0.4) is 0 Å². The highest BCUT2D eigenvalue weighted by Crippen LogP contribution is 2.21. The number of para-hydroxylation sites is 1. The topological polar surface area (TPSA) is 32.3 Å². The molecule has 0 bridgehead atoms. The van der Waals surface area contributed by atoms with Gasteiger partial charge in [0.2, 0.25) is 5.91 Å². The molecule has 2 rings (SSSR count). The quantitative estimate of drug-likeness (QED) is 0.859. The lowest BCUT2D eigenvalue weighted by molar-refractivity contribution is -0.116. The van der Waals surface area contributed by atoms with Gasteiger partial charge in [0.25, 0.3) is 0 Å². The van der Waals surface area contributed by atoms with Crippen molar-refractivity contribution in [1.82, 2.24) is 4.90 Å². The molecule has 0 heterocycles. The van der Waals surface area contributed by atoms with E-state index >= 15 is 0 Å². The van der Waals surface area contributed by atoms with Crippen LogP contribution in [0.2, 0.25) is 0 Å². The SMILES string of the molecule is CN(CCC(=O)Nc1ccccc1Br)Cc1ccccc1. The molecular formula is C17H19BrN2O. The first kappa shape index (κ1) is 15.7. The molecule has 2 aromatic rings. The molecule has 3 nitrogen and oxygen atoms in total. The number of nitrogens with zero attached hydrogens (tertiary/aromatic N) is 1. The molecule has 0 fully saturated rings. The summed E-state index contributed by atoms with van der Waals surface area (Å²) in [7, 11) is 2.03. The Kier molecular flexibility index (Phi) is 5.96. The summed E-state index contributed by atoms with van der Waals surface area (Å²) in [5.41, 5.74) is 2.07. The molecule has 0 unspecified atom stereocenters. The molecule has 0 radical (unpaired) electrons. The van der Waals surface area contributed by atoms with Gasteiger partial charge in [-0.3, -0.25) is 4.79 Å². The van der Waals surface area contributed by atoms with Crippen LogP contribution in [0.25, 0.3) is 0 Å². The zero-order valence-corrected chi connectivity index (χ0v) is 13.6. The number of carbonyl (C=O) groups excluding carboxylic acids is 1. The van der Waals surface area contributed by atoms with Crippen molar-refractivity contribution in [2.24, 2.45) is 0 Å². The maximum atomic E-state index is 12.0. The Morgan fingerprint density at radius 2 is 1.76 bits per heavy atom. The van der Waals surface area contributed by atoms with Gasteiger partial charge in [-0.05, 0) is 40.7 Å². The largest absolute Gasteiger partial charge is 0.325 e. The lowest BCUT2D eigenvalue weighted by Crippen LogP contribution is -2.24. The number of amides is 1. The molecule has 0 aromatic heterocycles. The number of anilines is 1. The summed E-state index contributed by atoms with van der Waals surface area (Å²) in [5, 5.41) is 2.92. The summed E-state index contributed by atoms with van der Waals surface area (Å²) in [6, 6.07) is 17.9. The first-order valence-corrected chi connectivity index (χ1v) is 7.71. The molecule has 2 aromatic carbocycles. The van der Waals surface area contributed by atoms with Crippen molar-refractivity contribution in [2.75, 3.05) is 18.9 Å². The molecule has 0 aliphatic carbocycles. The first-order valence-electron chi connectivity index (χ1n) is 6.92. The fraction of sp³-hybridized carbons (Fsp3) is 0.235. The Bertz CT molecular complexity index is 586. The van der Waals surface area contributed by atoms with Crippen LogP contribution in [0, 0.1) is 0 Å². The van der Waals surface area contributed by atoms with Crippen molar-refractivity contribution in [3.8, 4) is 0 Å². The van der Waals surface area contributed by atoms with Gasteiger partial charge < -0.3 is 10.2 Å². The third-order valence-electron chi connectivity index (χ3n) is 3.16. The highest BCUT2D eigenvalue weighted by molar-refractivity contribution is 9.10. The zero-order chi connectivity index (χ0) is 15.1. The van der Waals surface area contributed by atoms with Gasteiger partial charge in [-0.2, -0.15) is 0 Å². The smallest absolute Gasteiger partial charge is 0.225 e. The second kappa shape index (κ2) is 7.96. The van der Waals surface area contributed by atoms with Gasteiger partial charge in [-0.15, -0.1) is 0 Å². The van der Waals surface area contributed by atoms with Crippen LogP contribution in [-0.2, 0) is 11.3 Å². The average Bonchev–Trinajstić information content (AvgIpc) is 2.49. The van der Waals surface area contributed by atoms with E-state index in [1.165, 1.54) is 5.56 Å². The zero-order valence-electron chi connectivity index (χ0n) is 12.1. The normalized spacial score (nSPS) is 10.6. The van der Waals surface area contributed by atoms with E-state index in [-0.39, 0.29) is 5.91 Å². The van der Waals surface area contributed by atoms with Gasteiger partial charge in [-0.25, -0.2) is 0 Å². The Morgan fingerprint density at radius 3 is 2.48 bits per heavy atom. The first-order chi connectivity index (χ1) is 10.1. The fourth-order valence-electron chi connectivity index (χ4n) is 2.04. The molecule has 0 aliphatic rings. The Balaban J connectivity index is 1.77. The van der Waals surface area contributed by atoms with E-state index in [0.717, 1.165) is 23.2 Å². The number of rotatable bonds is 6. The predicted octanol–water partition coefficient (Wildman–Crippen LogP) is 3.91. The van der Waals surface area contributed by atoms with E-state index in [4.69, 9.17) is 0 Å². The molecule has 4 heteroatoms. The van der Waals surface area contributed by atoms with Crippen molar-refractivity contribution >= 4 is 27.5 Å². The molecular weight excluding hydrogens is 328 g/mol. The number of hydrogen-bond acceptors (Lipinski definition) is 2. The molecule has 0 spiro atoms. The van der Waals surface area contributed by atoms with Crippen molar-refractivity contribution in [3.63, 3.8) is 0 Å². The summed E-state index contributed by atoms with van der Waals surface area (Å²) in [5.74, 6) is 0.0295. The lowest BCUT2D eigenvalue weighted by atomic mass is 10.2. The van der Waals surface area contributed by atoms with E-state index in [1.807, 2.05) is 49.5 Å². The molecule has 1 N–H and O–H groups in total. The predicted molar refractivity (Wildman–Crippen MR) is 90.2 cm³/mol. The Labute approximate surface area is 134 Å². The maximum absolute atomic E-state index is 12.0. The second-order valence-electron chi connectivity index (χ2n) is 5.00. The van der Waals surface area contributed by atoms with Gasteiger partial charge in [0, 0.05) is 24.0 Å². The molecule has 0 saturated carbocycles. The summed E-state index contributed by atoms with van der Waals surface area (Å²) in [4.78, 5) is 14.1. The van der Waals surface area contributed by atoms with Crippen LogP contribution in [0.4, 0.5) is 5.69 Å². The number of hydrogen-bond donors (Lipinski definition) is 1. The number of nitrogens with one attached hydrogen (secondary N) is 1. The van der Waals surface area contributed by atoms with Crippen LogP contribution >= 0.6 is 15.9 Å². The standard InChI is InChI=1S/C17H19BrN2O/c1-20(13-14-7-3-2-4-8-14)12-11-17(21)19-16-10-6-5-9-15(16)18/h2-10H,11-13H2,1H3,(H,19,21). The lowest BCUT2D eigenvalue weighted by Gasteiger charge is -2.16. The Morgan fingerprint density at radius 1 is 1.10 bits per heavy atom. The summed E-state index contributed by atoms with van der Waals surface area (Å²) in [6.07, 6.45) is 0.477. The molecule has 1 amide bonds. The van der Waals surface area contributed by atoms with E-state index in [0.29, 0.717) is 6.42 Å². The van der Waals surface area contributed by atoms with Gasteiger partial charge in [0.15, 0.2) is 0 Å². The van der Waals surface area contributed by atoms with Crippen molar-refractivity contribution in [2.45, 2.75) is 13.0 Å². The Hall–Kier alpha value is -1.65. The third-order valence-corrected chi connectivity index (χ3v) is 3.86. The molecule has 110 valence electrons. The van der Waals surface area contributed by atoms with Gasteiger partial charge in [0.05, 0.1) is 5.69 Å². The maximum Gasteiger partial charge on any atom is 0.225 e. The molecule has 0 saturated heterocycles.